The molecule has 0 N–H and O–H groups in total. The molecule has 132 valence electrons. The van der Waals surface area contributed by atoms with Gasteiger partial charge in [0.15, 0.2) is 0 Å². The Labute approximate surface area is 159 Å². The summed E-state index contributed by atoms with van der Waals surface area (Å²) in [7, 11) is 1.68. The van der Waals surface area contributed by atoms with Crippen LogP contribution in [0.1, 0.15) is 22.5 Å². The molecule has 4 aromatic rings. The van der Waals surface area contributed by atoms with E-state index >= 15 is 0 Å². The van der Waals surface area contributed by atoms with E-state index in [0.717, 1.165) is 39.2 Å². The normalized spacial score (nSPS) is 11.6. The molecule has 0 fully saturated rings. The standard InChI is InChI=1S/C25H21O2/c1-18-16-22(27-25-11-7-6-10-23(18)25)17-24(19-8-4-3-5-9-19)20-12-14-21(26-2)15-13-20/h3-17H,1-2H3/q+1. The van der Waals surface area contributed by atoms with Crippen LogP contribution in [-0.4, -0.2) is 7.11 Å². The Balaban J connectivity index is 1.87. The lowest BCUT2D eigenvalue weighted by Gasteiger charge is -2.08. The molecule has 0 unspecified atom stereocenters. The average Bonchev–Trinajstić information content (AvgIpc) is 2.73. The molecule has 1 heterocycles. The molecular formula is C25H21O2+. The van der Waals surface area contributed by atoms with Crippen molar-refractivity contribution in [3.05, 3.63) is 107 Å². The van der Waals surface area contributed by atoms with Crippen molar-refractivity contribution in [3.8, 4) is 5.75 Å². The van der Waals surface area contributed by atoms with E-state index in [2.05, 4.69) is 61.5 Å². The number of hydrogen-bond acceptors (Lipinski definition) is 1. The van der Waals surface area contributed by atoms with E-state index in [1.165, 1.54) is 5.56 Å². The second kappa shape index (κ2) is 7.46. The van der Waals surface area contributed by atoms with E-state index in [0.29, 0.717) is 0 Å². The van der Waals surface area contributed by atoms with Gasteiger partial charge in [-0.25, -0.2) is 4.42 Å². The van der Waals surface area contributed by atoms with Gasteiger partial charge in [0.2, 0.25) is 0 Å². The molecular weight excluding hydrogens is 332 g/mol. The summed E-state index contributed by atoms with van der Waals surface area (Å²) in [6.45, 7) is 2.12. The van der Waals surface area contributed by atoms with Gasteiger partial charge < -0.3 is 4.74 Å². The average molecular weight is 353 g/mol. The summed E-state index contributed by atoms with van der Waals surface area (Å²) in [5.41, 5.74) is 5.46. The lowest BCUT2D eigenvalue weighted by Crippen LogP contribution is -1.90. The fourth-order valence-electron chi connectivity index (χ4n) is 3.26. The number of ether oxygens (including phenoxy) is 1. The van der Waals surface area contributed by atoms with Gasteiger partial charge in [0.05, 0.1) is 18.6 Å². The topological polar surface area (TPSA) is 20.5 Å². The first kappa shape index (κ1) is 17.0. The highest BCUT2D eigenvalue weighted by Gasteiger charge is 2.15. The number of fused-ring (bicyclic) bond motifs is 1. The third-order valence-electron chi connectivity index (χ3n) is 4.67. The van der Waals surface area contributed by atoms with Crippen molar-refractivity contribution in [1.82, 2.24) is 0 Å². The molecule has 4 rings (SSSR count). The Hall–Kier alpha value is -3.39. The Morgan fingerprint density at radius 1 is 0.815 bits per heavy atom. The molecule has 27 heavy (non-hydrogen) atoms. The van der Waals surface area contributed by atoms with E-state index in [-0.39, 0.29) is 0 Å². The first-order valence-electron chi connectivity index (χ1n) is 8.98. The minimum absolute atomic E-state index is 0.834. The highest BCUT2D eigenvalue weighted by atomic mass is 16.5. The molecule has 0 spiro atoms. The predicted octanol–water partition coefficient (Wildman–Crippen LogP) is 6.62. The number of rotatable bonds is 4. The molecule has 0 saturated carbocycles. The molecule has 0 radical (unpaired) electrons. The minimum atomic E-state index is 0.834. The minimum Gasteiger partial charge on any atom is -0.497 e. The van der Waals surface area contributed by atoms with Crippen molar-refractivity contribution in [3.63, 3.8) is 0 Å². The van der Waals surface area contributed by atoms with Crippen molar-refractivity contribution in [2.75, 3.05) is 7.11 Å². The third kappa shape index (κ3) is 3.61. The van der Waals surface area contributed by atoms with Crippen molar-refractivity contribution in [2.24, 2.45) is 0 Å². The van der Waals surface area contributed by atoms with Crippen LogP contribution in [-0.2, 0) is 0 Å². The van der Waals surface area contributed by atoms with Crippen LogP contribution in [0.15, 0.2) is 89.3 Å². The van der Waals surface area contributed by atoms with Crippen LogP contribution in [0.25, 0.3) is 22.6 Å². The summed E-state index contributed by atoms with van der Waals surface area (Å²) in [5.74, 6) is 1.68. The molecule has 0 bridgehead atoms. The van der Waals surface area contributed by atoms with Crippen LogP contribution >= 0.6 is 0 Å². The van der Waals surface area contributed by atoms with Gasteiger partial charge >= 0.3 is 11.3 Å². The van der Waals surface area contributed by atoms with Gasteiger partial charge in [-0.15, -0.1) is 0 Å². The van der Waals surface area contributed by atoms with Crippen molar-refractivity contribution in [1.29, 1.82) is 0 Å². The van der Waals surface area contributed by atoms with Crippen LogP contribution in [0.2, 0.25) is 0 Å². The Morgan fingerprint density at radius 3 is 2.22 bits per heavy atom. The predicted molar refractivity (Wildman–Crippen MR) is 112 cm³/mol. The van der Waals surface area contributed by atoms with Crippen LogP contribution < -0.4 is 4.74 Å². The van der Waals surface area contributed by atoms with Gasteiger partial charge in [-0.05, 0) is 47.4 Å². The number of aryl methyl sites for hydroxylation is 1. The quantitative estimate of drug-likeness (QED) is 0.384. The fourth-order valence-corrected chi connectivity index (χ4v) is 3.26. The van der Waals surface area contributed by atoms with Crippen LogP contribution in [0.3, 0.4) is 0 Å². The molecule has 0 amide bonds. The summed E-state index contributed by atoms with van der Waals surface area (Å²) in [5, 5.41) is 1.14. The molecule has 3 aromatic carbocycles. The Kier molecular flexibility index (Phi) is 4.71. The van der Waals surface area contributed by atoms with Crippen molar-refractivity contribution >= 4 is 22.6 Å². The lowest BCUT2D eigenvalue weighted by molar-refractivity contribution is 0.415. The van der Waals surface area contributed by atoms with Crippen molar-refractivity contribution in [2.45, 2.75) is 6.92 Å². The van der Waals surface area contributed by atoms with Gasteiger partial charge in [0, 0.05) is 12.1 Å². The lowest BCUT2D eigenvalue weighted by atomic mass is 9.96. The van der Waals surface area contributed by atoms with Gasteiger partial charge in [0.1, 0.15) is 5.75 Å². The summed E-state index contributed by atoms with van der Waals surface area (Å²) >= 11 is 0. The molecule has 2 nitrogen and oxygen atoms in total. The Bertz CT molecular complexity index is 1090. The number of methoxy groups -OCH3 is 1. The number of hydrogen-bond donors (Lipinski definition) is 0. The van der Waals surface area contributed by atoms with Gasteiger partial charge in [0.25, 0.3) is 0 Å². The SMILES string of the molecule is COc1ccc(C(=Cc2cc(C)c3ccccc3[o+]2)c2ccccc2)cc1. The second-order valence-electron chi connectivity index (χ2n) is 6.48. The van der Waals surface area contributed by atoms with Crippen LogP contribution in [0.5, 0.6) is 5.75 Å². The fraction of sp³-hybridized carbons (Fsp3) is 0.0800. The van der Waals surface area contributed by atoms with Gasteiger partial charge in [-0.2, -0.15) is 0 Å². The highest BCUT2D eigenvalue weighted by Crippen LogP contribution is 2.29. The molecule has 0 aliphatic carbocycles. The Morgan fingerprint density at radius 2 is 1.48 bits per heavy atom. The smallest absolute Gasteiger partial charge is 0.361 e. The first-order chi connectivity index (χ1) is 13.2. The maximum Gasteiger partial charge on any atom is 0.361 e. The van der Waals surface area contributed by atoms with E-state index in [9.17, 15) is 0 Å². The van der Waals surface area contributed by atoms with Gasteiger partial charge in [-0.3, -0.25) is 0 Å². The monoisotopic (exact) mass is 353 g/mol. The van der Waals surface area contributed by atoms with E-state index < -0.39 is 0 Å². The molecule has 0 aliphatic rings. The third-order valence-corrected chi connectivity index (χ3v) is 4.67. The largest absolute Gasteiger partial charge is 0.497 e. The first-order valence-corrected chi connectivity index (χ1v) is 8.98. The molecule has 1 aromatic heterocycles. The zero-order valence-electron chi connectivity index (χ0n) is 15.5. The second-order valence-corrected chi connectivity index (χ2v) is 6.48. The summed E-state index contributed by atoms with van der Waals surface area (Å²) in [6.07, 6.45) is 2.11. The van der Waals surface area contributed by atoms with Gasteiger partial charge in [-0.1, -0.05) is 54.6 Å². The van der Waals surface area contributed by atoms with Crippen LogP contribution in [0.4, 0.5) is 0 Å². The van der Waals surface area contributed by atoms with E-state index in [1.807, 2.05) is 36.4 Å². The molecule has 0 aliphatic heterocycles. The number of benzene rings is 3. The zero-order valence-corrected chi connectivity index (χ0v) is 15.5. The molecule has 0 saturated heterocycles. The maximum absolute atomic E-state index is 6.16. The molecule has 0 atom stereocenters. The molecule has 2 heteroatoms. The zero-order chi connectivity index (χ0) is 18.6. The van der Waals surface area contributed by atoms with E-state index in [1.54, 1.807) is 7.11 Å². The summed E-state index contributed by atoms with van der Waals surface area (Å²) in [6, 6.07) is 28.7. The highest BCUT2D eigenvalue weighted by molar-refractivity contribution is 5.91. The van der Waals surface area contributed by atoms with Crippen molar-refractivity contribution < 1.29 is 9.15 Å². The summed E-state index contributed by atoms with van der Waals surface area (Å²) < 4.78 is 11.5. The van der Waals surface area contributed by atoms with Crippen LogP contribution in [0, 0.1) is 6.92 Å². The van der Waals surface area contributed by atoms with E-state index in [4.69, 9.17) is 9.15 Å². The number of para-hydroxylation sites is 1. The summed E-state index contributed by atoms with van der Waals surface area (Å²) in [4.78, 5) is 0. The maximum atomic E-state index is 6.16.